The first-order valence-electron chi connectivity index (χ1n) is 9.54. The minimum Gasteiger partial charge on any atom is -0.493 e. The Morgan fingerprint density at radius 3 is 2.29 bits per heavy atom. The number of hydrogen-bond acceptors (Lipinski definition) is 4. The molecule has 0 aliphatic rings. The second-order valence-corrected chi connectivity index (χ2v) is 6.33. The van der Waals surface area contributed by atoms with Crippen LogP contribution in [0.2, 0.25) is 0 Å². The third-order valence-corrected chi connectivity index (χ3v) is 3.76. The lowest BCUT2D eigenvalue weighted by Gasteiger charge is -2.08. The van der Waals surface area contributed by atoms with Crippen molar-refractivity contribution in [2.75, 3.05) is 6.61 Å². The highest BCUT2D eigenvalue weighted by atomic mass is 16.5. The Hall–Kier alpha value is -2.63. The van der Waals surface area contributed by atoms with Gasteiger partial charge in [-0.2, -0.15) is 0 Å². The van der Waals surface area contributed by atoms with Crippen LogP contribution in [-0.4, -0.2) is 34.9 Å². The highest BCUT2D eigenvalue weighted by Gasteiger charge is 2.01. The molecule has 1 rings (SSSR count). The highest BCUT2D eigenvalue weighted by Crippen LogP contribution is 2.13. The van der Waals surface area contributed by atoms with Crippen LogP contribution in [0.5, 0.6) is 5.75 Å². The number of aliphatic hydroxyl groups is 2. The molecule has 2 atom stereocenters. The molecule has 0 radical (unpaired) electrons. The summed E-state index contributed by atoms with van der Waals surface area (Å²) in [5, 5.41) is 19.6. The molecule has 0 aliphatic carbocycles. The molecule has 1 aromatic rings. The van der Waals surface area contributed by atoms with Crippen molar-refractivity contribution in [3.63, 3.8) is 0 Å². The lowest BCUT2D eigenvalue weighted by Crippen LogP contribution is -2.13. The molecule has 28 heavy (non-hydrogen) atoms. The van der Waals surface area contributed by atoms with Gasteiger partial charge in [-0.25, -0.2) is 0 Å². The summed E-state index contributed by atoms with van der Waals surface area (Å²) in [6.45, 7) is 2.43. The number of aliphatic hydroxyl groups excluding tert-OH is 2. The zero-order valence-electron chi connectivity index (χ0n) is 16.4. The van der Waals surface area contributed by atoms with Crippen LogP contribution in [0.15, 0.2) is 72.9 Å². The molecular weight excluding hydrogens is 354 g/mol. The van der Waals surface area contributed by atoms with E-state index >= 15 is 0 Å². The summed E-state index contributed by atoms with van der Waals surface area (Å²) in [6.07, 6.45) is 15.7. The van der Waals surface area contributed by atoms with Crippen LogP contribution < -0.4 is 10.5 Å². The van der Waals surface area contributed by atoms with Crippen LogP contribution in [0.25, 0.3) is 0 Å². The van der Waals surface area contributed by atoms with E-state index in [0.717, 1.165) is 12.0 Å². The van der Waals surface area contributed by atoms with Crippen molar-refractivity contribution >= 4 is 5.91 Å². The number of amides is 1. The average molecular weight is 386 g/mol. The van der Waals surface area contributed by atoms with Gasteiger partial charge in [-0.1, -0.05) is 67.7 Å². The summed E-state index contributed by atoms with van der Waals surface area (Å²) in [5.41, 5.74) is 5.99. The summed E-state index contributed by atoms with van der Waals surface area (Å²) in [7, 11) is 0. The number of carbonyl (C=O) groups is 1. The maximum atomic E-state index is 10.9. The van der Waals surface area contributed by atoms with Crippen molar-refractivity contribution in [3.8, 4) is 5.75 Å². The maximum absolute atomic E-state index is 10.9. The molecular formula is C23H31NO4. The SMILES string of the molecule is CC/C=C\C[C@H](O)/C=C/C=C\C=C\[C@@H](O)CCOc1ccc(CC(N)=O)cc1. The van der Waals surface area contributed by atoms with Gasteiger partial charge in [0.15, 0.2) is 0 Å². The van der Waals surface area contributed by atoms with Gasteiger partial charge >= 0.3 is 0 Å². The molecule has 1 aromatic carbocycles. The normalized spacial score (nSPS) is 14.4. The second kappa shape index (κ2) is 14.4. The van der Waals surface area contributed by atoms with E-state index in [9.17, 15) is 15.0 Å². The van der Waals surface area contributed by atoms with Crippen LogP contribution in [0.1, 0.15) is 31.7 Å². The number of primary amides is 1. The Morgan fingerprint density at radius 2 is 1.68 bits per heavy atom. The summed E-state index contributed by atoms with van der Waals surface area (Å²) in [6, 6.07) is 7.15. The molecule has 0 saturated carbocycles. The van der Waals surface area contributed by atoms with Gasteiger partial charge in [0.1, 0.15) is 5.75 Å². The molecule has 0 bridgehead atoms. The summed E-state index contributed by atoms with van der Waals surface area (Å²) >= 11 is 0. The number of rotatable bonds is 13. The molecule has 5 heteroatoms. The summed E-state index contributed by atoms with van der Waals surface area (Å²) in [5.74, 6) is 0.315. The third kappa shape index (κ3) is 11.9. The Bertz CT molecular complexity index is 674. The second-order valence-electron chi connectivity index (χ2n) is 6.33. The van der Waals surface area contributed by atoms with E-state index < -0.39 is 12.2 Å². The molecule has 0 heterocycles. The van der Waals surface area contributed by atoms with Crippen LogP contribution in [0, 0.1) is 0 Å². The third-order valence-electron chi connectivity index (χ3n) is 3.76. The van der Waals surface area contributed by atoms with Crippen molar-refractivity contribution in [2.45, 2.75) is 44.8 Å². The van der Waals surface area contributed by atoms with E-state index in [4.69, 9.17) is 10.5 Å². The number of allylic oxidation sites excluding steroid dienone is 5. The molecule has 0 aromatic heterocycles. The fourth-order valence-corrected chi connectivity index (χ4v) is 2.29. The standard InChI is InChI=1S/C23H31NO4/c1-2-3-6-9-20(25)10-7-4-5-8-11-21(26)16-17-28-22-14-12-19(13-15-22)18-23(24)27/h3-8,10-15,20-21,25-26H,2,9,16-18H2,1H3,(H2,24,27)/b5-4-,6-3-,10-7+,11-8+/t20-,21+/m0/s1. The first-order chi connectivity index (χ1) is 13.5. The van der Waals surface area contributed by atoms with Gasteiger partial charge in [0.2, 0.25) is 5.91 Å². The Labute approximate surface area is 167 Å². The molecule has 0 unspecified atom stereocenters. The summed E-state index contributed by atoms with van der Waals surface area (Å²) in [4.78, 5) is 10.9. The Balaban J connectivity index is 2.24. The molecule has 4 N–H and O–H groups in total. The van der Waals surface area contributed by atoms with E-state index in [1.165, 1.54) is 0 Å². The van der Waals surface area contributed by atoms with E-state index in [1.807, 2.05) is 12.2 Å². The van der Waals surface area contributed by atoms with Crippen molar-refractivity contribution in [1.29, 1.82) is 0 Å². The fraction of sp³-hybridized carbons (Fsp3) is 0.348. The van der Waals surface area contributed by atoms with Gasteiger partial charge in [0.05, 0.1) is 25.2 Å². The predicted octanol–water partition coefficient (Wildman–Crippen LogP) is 3.23. The minimum atomic E-state index is -0.604. The van der Waals surface area contributed by atoms with Crippen LogP contribution in [-0.2, 0) is 11.2 Å². The van der Waals surface area contributed by atoms with Crippen molar-refractivity contribution in [1.82, 2.24) is 0 Å². The Kier molecular flexibility index (Phi) is 12.1. The predicted molar refractivity (Wildman–Crippen MR) is 113 cm³/mol. The number of hydrogen-bond donors (Lipinski definition) is 3. The first kappa shape index (κ1) is 23.4. The largest absolute Gasteiger partial charge is 0.493 e. The smallest absolute Gasteiger partial charge is 0.221 e. The Morgan fingerprint density at radius 1 is 1.04 bits per heavy atom. The molecule has 0 saturated heterocycles. The fourth-order valence-electron chi connectivity index (χ4n) is 2.29. The number of benzene rings is 1. The zero-order valence-corrected chi connectivity index (χ0v) is 16.4. The molecule has 0 fully saturated rings. The van der Waals surface area contributed by atoms with Crippen LogP contribution >= 0.6 is 0 Å². The van der Waals surface area contributed by atoms with E-state index in [-0.39, 0.29) is 12.3 Å². The monoisotopic (exact) mass is 385 g/mol. The average Bonchev–Trinajstić information content (AvgIpc) is 2.66. The highest BCUT2D eigenvalue weighted by molar-refractivity contribution is 5.76. The van der Waals surface area contributed by atoms with E-state index in [2.05, 4.69) is 6.92 Å². The molecule has 152 valence electrons. The van der Waals surface area contributed by atoms with E-state index in [0.29, 0.717) is 25.2 Å². The summed E-state index contributed by atoms with van der Waals surface area (Å²) < 4.78 is 5.58. The molecule has 1 amide bonds. The number of carbonyl (C=O) groups excluding carboxylic acids is 1. The first-order valence-corrected chi connectivity index (χ1v) is 9.54. The molecule has 0 aliphatic heterocycles. The molecule has 5 nitrogen and oxygen atoms in total. The quantitative estimate of drug-likeness (QED) is 0.359. The zero-order chi connectivity index (χ0) is 20.6. The lowest BCUT2D eigenvalue weighted by molar-refractivity contribution is -0.117. The van der Waals surface area contributed by atoms with Gasteiger partial charge in [-0.15, -0.1) is 0 Å². The number of nitrogens with two attached hydrogens (primary N) is 1. The van der Waals surface area contributed by atoms with Gasteiger partial charge in [0, 0.05) is 6.42 Å². The van der Waals surface area contributed by atoms with Gasteiger partial charge < -0.3 is 20.7 Å². The topological polar surface area (TPSA) is 92.8 Å². The van der Waals surface area contributed by atoms with E-state index in [1.54, 1.807) is 60.7 Å². The van der Waals surface area contributed by atoms with Crippen molar-refractivity contribution in [3.05, 3.63) is 78.4 Å². The van der Waals surface area contributed by atoms with Crippen molar-refractivity contribution < 1.29 is 19.7 Å². The van der Waals surface area contributed by atoms with Gasteiger partial charge in [0.25, 0.3) is 0 Å². The van der Waals surface area contributed by atoms with Crippen LogP contribution in [0.4, 0.5) is 0 Å². The van der Waals surface area contributed by atoms with Gasteiger partial charge in [-0.3, -0.25) is 4.79 Å². The van der Waals surface area contributed by atoms with Crippen molar-refractivity contribution in [2.24, 2.45) is 5.73 Å². The molecule has 0 spiro atoms. The minimum absolute atomic E-state index is 0.210. The number of ether oxygens (including phenoxy) is 1. The lowest BCUT2D eigenvalue weighted by atomic mass is 10.1. The van der Waals surface area contributed by atoms with Gasteiger partial charge in [-0.05, 0) is 30.5 Å². The van der Waals surface area contributed by atoms with Crippen LogP contribution in [0.3, 0.4) is 0 Å². The maximum Gasteiger partial charge on any atom is 0.221 e.